The van der Waals surface area contributed by atoms with Gasteiger partial charge < -0.3 is 4.74 Å². The number of benzene rings is 1. The molecule has 13 heavy (non-hydrogen) atoms. The van der Waals surface area contributed by atoms with Crippen LogP contribution < -0.4 is 4.74 Å². The molecule has 2 rings (SSSR count). The molecule has 2 nitrogen and oxygen atoms in total. The van der Waals surface area contributed by atoms with E-state index in [2.05, 4.69) is 6.07 Å². The first-order chi connectivity index (χ1) is 6.36. The maximum atomic E-state index is 8.82. The first-order valence-electron chi connectivity index (χ1n) is 4.13. The Bertz CT molecular complexity index is 413. The van der Waals surface area contributed by atoms with Crippen molar-refractivity contribution in [1.29, 1.82) is 5.26 Å². The zero-order valence-electron chi connectivity index (χ0n) is 7.37. The zero-order valence-corrected chi connectivity index (χ0v) is 7.37. The van der Waals surface area contributed by atoms with Crippen LogP contribution in [0.5, 0.6) is 5.75 Å². The van der Waals surface area contributed by atoms with Gasteiger partial charge in [-0.3, -0.25) is 0 Å². The highest BCUT2D eigenvalue weighted by Gasteiger charge is 2.16. The van der Waals surface area contributed by atoms with Crippen LogP contribution in [0.15, 0.2) is 24.3 Å². The standard InChI is InChI=1S/C11H9NO/c1-13-11-4-2-3-9-8(7-12)5-6-10(9)11/h2-5H,6H2,1H3. The molecule has 0 N–H and O–H groups in total. The smallest absolute Gasteiger partial charge is 0.123 e. The lowest BCUT2D eigenvalue weighted by Gasteiger charge is -2.06. The van der Waals surface area contributed by atoms with Crippen molar-refractivity contribution in [3.05, 3.63) is 35.4 Å². The number of nitrogens with zero attached hydrogens (tertiary/aromatic N) is 1. The largest absolute Gasteiger partial charge is 0.496 e. The van der Waals surface area contributed by atoms with Crippen molar-refractivity contribution in [2.75, 3.05) is 7.11 Å². The number of rotatable bonds is 1. The molecule has 0 aromatic heterocycles. The van der Waals surface area contributed by atoms with Crippen LogP contribution in [-0.4, -0.2) is 7.11 Å². The molecule has 0 aliphatic heterocycles. The highest BCUT2D eigenvalue weighted by molar-refractivity contribution is 5.83. The third kappa shape index (κ3) is 1.09. The number of hydrogen-bond donors (Lipinski definition) is 0. The van der Waals surface area contributed by atoms with E-state index in [0.29, 0.717) is 0 Å². The van der Waals surface area contributed by atoms with E-state index in [-0.39, 0.29) is 0 Å². The van der Waals surface area contributed by atoms with Crippen molar-refractivity contribution in [2.45, 2.75) is 6.42 Å². The van der Waals surface area contributed by atoms with E-state index in [1.54, 1.807) is 7.11 Å². The minimum atomic E-state index is 0.758. The Labute approximate surface area is 77.1 Å². The van der Waals surface area contributed by atoms with Crippen LogP contribution in [0.4, 0.5) is 0 Å². The predicted molar refractivity (Wildman–Crippen MR) is 50.3 cm³/mol. The number of allylic oxidation sites excluding steroid dienone is 2. The maximum absolute atomic E-state index is 8.82. The number of hydrogen-bond acceptors (Lipinski definition) is 2. The van der Waals surface area contributed by atoms with Crippen molar-refractivity contribution in [1.82, 2.24) is 0 Å². The van der Waals surface area contributed by atoms with E-state index in [1.165, 1.54) is 0 Å². The third-order valence-electron chi connectivity index (χ3n) is 2.27. The van der Waals surface area contributed by atoms with Crippen molar-refractivity contribution in [3.63, 3.8) is 0 Å². The van der Waals surface area contributed by atoms with E-state index in [0.717, 1.165) is 28.9 Å². The molecular weight excluding hydrogens is 162 g/mol. The average molecular weight is 171 g/mol. The van der Waals surface area contributed by atoms with Gasteiger partial charge in [0.1, 0.15) is 5.75 Å². The second-order valence-corrected chi connectivity index (χ2v) is 2.92. The van der Waals surface area contributed by atoms with Crippen LogP contribution >= 0.6 is 0 Å². The molecule has 0 spiro atoms. The summed E-state index contributed by atoms with van der Waals surface area (Å²) in [5.41, 5.74) is 2.90. The Morgan fingerprint density at radius 2 is 2.31 bits per heavy atom. The maximum Gasteiger partial charge on any atom is 0.123 e. The van der Waals surface area contributed by atoms with Gasteiger partial charge in [0.2, 0.25) is 0 Å². The first-order valence-corrected chi connectivity index (χ1v) is 4.13. The van der Waals surface area contributed by atoms with Crippen LogP contribution in [0.3, 0.4) is 0 Å². The second-order valence-electron chi connectivity index (χ2n) is 2.92. The molecule has 0 radical (unpaired) electrons. The molecule has 0 saturated heterocycles. The van der Waals surface area contributed by atoms with Crippen LogP contribution in [-0.2, 0) is 6.42 Å². The van der Waals surface area contributed by atoms with Gasteiger partial charge in [-0.15, -0.1) is 0 Å². The summed E-state index contributed by atoms with van der Waals surface area (Å²) < 4.78 is 5.21. The minimum Gasteiger partial charge on any atom is -0.496 e. The van der Waals surface area contributed by atoms with Crippen molar-refractivity contribution in [2.24, 2.45) is 0 Å². The lowest BCUT2D eigenvalue weighted by atomic mass is 10.1. The molecule has 1 aliphatic carbocycles. The van der Waals surface area contributed by atoms with E-state index >= 15 is 0 Å². The van der Waals surface area contributed by atoms with Crippen molar-refractivity contribution >= 4 is 5.57 Å². The van der Waals surface area contributed by atoms with E-state index in [9.17, 15) is 0 Å². The minimum absolute atomic E-state index is 0.758. The molecule has 2 heteroatoms. The van der Waals surface area contributed by atoms with E-state index in [1.807, 2.05) is 24.3 Å². The van der Waals surface area contributed by atoms with Gasteiger partial charge in [0, 0.05) is 5.56 Å². The fourth-order valence-corrected chi connectivity index (χ4v) is 1.64. The predicted octanol–water partition coefficient (Wildman–Crippen LogP) is 2.16. The summed E-state index contributed by atoms with van der Waals surface area (Å²) in [5, 5.41) is 8.82. The molecule has 0 saturated carbocycles. The van der Waals surface area contributed by atoms with Gasteiger partial charge in [0.15, 0.2) is 0 Å². The highest BCUT2D eigenvalue weighted by atomic mass is 16.5. The van der Waals surface area contributed by atoms with Crippen LogP contribution in [0.2, 0.25) is 0 Å². The number of ether oxygens (including phenoxy) is 1. The molecule has 0 unspecified atom stereocenters. The van der Waals surface area contributed by atoms with Crippen LogP contribution in [0.1, 0.15) is 11.1 Å². The SMILES string of the molecule is COc1cccc2c1CC=C2C#N. The summed E-state index contributed by atoms with van der Waals surface area (Å²) in [6.45, 7) is 0. The Balaban J connectivity index is 2.56. The second kappa shape index (κ2) is 2.95. The topological polar surface area (TPSA) is 33.0 Å². The molecule has 0 fully saturated rings. The molecule has 1 aliphatic rings. The molecular formula is C11H9NO. The normalized spacial score (nSPS) is 13.1. The number of methoxy groups -OCH3 is 1. The Hall–Kier alpha value is -1.75. The Morgan fingerprint density at radius 3 is 3.00 bits per heavy atom. The monoisotopic (exact) mass is 171 g/mol. The quantitative estimate of drug-likeness (QED) is 0.648. The molecule has 0 amide bonds. The van der Waals surface area contributed by atoms with E-state index in [4.69, 9.17) is 10.00 Å². The fraction of sp³-hybridized carbons (Fsp3) is 0.182. The zero-order chi connectivity index (χ0) is 9.26. The molecule has 0 bridgehead atoms. The molecule has 0 heterocycles. The highest BCUT2D eigenvalue weighted by Crippen LogP contribution is 2.33. The fourth-order valence-electron chi connectivity index (χ4n) is 1.64. The Morgan fingerprint density at radius 1 is 1.46 bits per heavy atom. The summed E-state index contributed by atoms with van der Waals surface area (Å²) in [5.74, 6) is 0.874. The Kier molecular flexibility index (Phi) is 1.79. The first kappa shape index (κ1) is 7.88. The van der Waals surface area contributed by atoms with Gasteiger partial charge in [-0.05, 0) is 18.1 Å². The van der Waals surface area contributed by atoms with Gasteiger partial charge >= 0.3 is 0 Å². The molecule has 1 aromatic carbocycles. The molecule has 0 atom stereocenters. The lowest BCUT2D eigenvalue weighted by molar-refractivity contribution is 0.411. The molecule has 1 aromatic rings. The summed E-state index contributed by atoms with van der Waals surface area (Å²) in [4.78, 5) is 0. The summed E-state index contributed by atoms with van der Waals surface area (Å²) >= 11 is 0. The average Bonchev–Trinajstić information content (AvgIpc) is 2.60. The number of nitriles is 1. The summed E-state index contributed by atoms with van der Waals surface area (Å²) in [7, 11) is 1.65. The lowest BCUT2D eigenvalue weighted by Crippen LogP contribution is -1.90. The van der Waals surface area contributed by atoms with Crippen LogP contribution in [0, 0.1) is 11.3 Å². The number of fused-ring (bicyclic) bond motifs is 1. The van der Waals surface area contributed by atoms with Gasteiger partial charge in [-0.1, -0.05) is 18.2 Å². The molecule has 64 valence electrons. The third-order valence-corrected chi connectivity index (χ3v) is 2.27. The van der Waals surface area contributed by atoms with Crippen molar-refractivity contribution in [3.8, 4) is 11.8 Å². The van der Waals surface area contributed by atoms with Crippen LogP contribution in [0.25, 0.3) is 5.57 Å². The van der Waals surface area contributed by atoms with E-state index < -0.39 is 0 Å². The van der Waals surface area contributed by atoms with Gasteiger partial charge in [-0.25, -0.2) is 0 Å². The summed E-state index contributed by atoms with van der Waals surface area (Å²) in [6.07, 6.45) is 2.75. The summed E-state index contributed by atoms with van der Waals surface area (Å²) in [6, 6.07) is 7.97. The van der Waals surface area contributed by atoms with Gasteiger partial charge in [0.05, 0.1) is 18.8 Å². The van der Waals surface area contributed by atoms with Crippen molar-refractivity contribution < 1.29 is 4.74 Å². The van der Waals surface area contributed by atoms with Gasteiger partial charge in [-0.2, -0.15) is 5.26 Å². The van der Waals surface area contributed by atoms with Gasteiger partial charge in [0.25, 0.3) is 0 Å².